The predicted octanol–water partition coefficient (Wildman–Crippen LogP) is 2.96. The Bertz CT molecular complexity index is 427. The molecule has 0 unspecified atom stereocenters. The first-order chi connectivity index (χ1) is 6.31. The monoisotopic (exact) mass is 231 g/mol. The molecule has 0 fully saturated rings. The van der Waals surface area contributed by atoms with E-state index in [0.717, 1.165) is 22.1 Å². The fraction of sp³-hybridized carbons (Fsp3) is 0.200. The van der Waals surface area contributed by atoms with Crippen molar-refractivity contribution in [1.82, 2.24) is 0 Å². The molecule has 0 saturated carbocycles. The summed E-state index contributed by atoms with van der Waals surface area (Å²) in [5, 5.41) is 3.11. The molecule has 4 heteroatoms. The Morgan fingerprint density at radius 1 is 1.36 bits per heavy atom. The molecule has 1 nitrogen and oxygen atoms in total. The number of nitrogens with two attached hydrogens (primary N) is 1. The Balaban J connectivity index is 0.000000980. The molecule has 0 aliphatic carbocycles. The molecule has 76 valence electrons. The summed E-state index contributed by atoms with van der Waals surface area (Å²) in [6.45, 7) is 0.564. The molecule has 1 aromatic heterocycles. The van der Waals surface area contributed by atoms with Gasteiger partial charge in [-0.3, -0.25) is 0 Å². The van der Waals surface area contributed by atoms with E-state index in [9.17, 15) is 4.39 Å². The molecule has 1 aromatic carbocycles. The number of hydrogen-bond donors (Lipinski definition) is 1. The van der Waals surface area contributed by atoms with E-state index in [0.29, 0.717) is 6.54 Å². The summed E-state index contributed by atoms with van der Waals surface area (Å²) in [5.74, 6) is -0.168. The van der Waals surface area contributed by atoms with Gasteiger partial charge in [0, 0.05) is 4.70 Å². The van der Waals surface area contributed by atoms with Gasteiger partial charge in [-0.1, -0.05) is 0 Å². The normalized spacial score (nSPS) is 10.1. The van der Waals surface area contributed by atoms with Crippen LogP contribution in [0.3, 0.4) is 0 Å². The van der Waals surface area contributed by atoms with Crippen LogP contribution in [0.1, 0.15) is 5.56 Å². The second-order valence-electron chi connectivity index (χ2n) is 2.94. The first kappa shape index (κ1) is 11.4. The van der Waals surface area contributed by atoms with Gasteiger partial charge in [-0.15, -0.1) is 23.7 Å². The van der Waals surface area contributed by atoms with Gasteiger partial charge < -0.3 is 5.73 Å². The molecule has 2 rings (SSSR count). The Labute approximate surface area is 92.1 Å². The molecule has 0 bridgehead atoms. The van der Waals surface area contributed by atoms with Crippen LogP contribution in [-0.4, -0.2) is 6.54 Å². The van der Waals surface area contributed by atoms with Gasteiger partial charge in [0.2, 0.25) is 0 Å². The maximum absolute atomic E-state index is 13.1. The van der Waals surface area contributed by atoms with Gasteiger partial charge in [-0.05, 0) is 47.5 Å². The van der Waals surface area contributed by atoms with Crippen molar-refractivity contribution in [3.63, 3.8) is 0 Å². The Morgan fingerprint density at radius 3 is 2.86 bits per heavy atom. The minimum atomic E-state index is -0.168. The summed E-state index contributed by atoms with van der Waals surface area (Å²) in [6, 6.07) is 5.16. The van der Waals surface area contributed by atoms with E-state index in [-0.39, 0.29) is 18.2 Å². The summed E-state index contributed by atoms with van der Waals surface area (Å²) in [4.78, 5) is 0. The molecular weight excluding hydrogens is 221 g/mol. The lowest BCUT2D eigenvalue weighted by atomic mass is 10.1. The van der Waals surface area contributed by atoms with E-state index in [1.54, 1.807) is 23.5 Å². The van der Waals surface area contributed by atoms with Crippen molar-refractivity contribution >= 4 is 33.8 Å². The van der Waals surface area contributed by atoms with E-state index in [2.05, 4.69) is 0 Å². The zero-order valence-electron chi connectivity index (χ0n) is 7.50. The highest BCUT2D eigenvalue weighted by Gasteiger charge is 2.03. The van der Waals surface area contributed by atoms with Crippen LogP contribution >= 0.6 is 23.7 Å². The summed E-state index contributed by atoms with van der Waals surface area (Å²) < 4.78 is 14.1. The van der Waals surface area contributed by atoms with E-state index >= 15 is 0 Å². The smallest absolute Gasteiger partial charge is 0.124 e. The van der Waals surface area contributed by atoms with Gasteiger partial charge in [0.25, 0.3) is 0 Å². The quantitative estimate of drug-likeness (QED) is 0.845. The lowest BCUT2D eigenvalue weighted by molar-refractivity contribution is 0.628. The predicted molar refractivity (Wildman–Crippen MR) is 61.8 cm³/mol. The zero-order chi connectivity index (χ0) is 9.26. The summed E-state index contributed by atoms with van der Waals surface area (Å²) in [6.07, 6.45) is 0.741. The number of halogens is 2. The third kappa shape index (κ3) is 2.05. The maximum atomic E-state index is 13.1. The summed E-state index contributed by atoms with van der Waals surface area (Å²) >= 11 is 1.56. The van der Waals surface area contributed by atoms with Gasteiger partial charge in [-0.2, -0.15) is 0 Å². The van der Waals surface area contributed by atoms with E-state index in [4.69, 9.17) is 5.73 Å². The molecule has 0 aliphatic rings. The zero-order valence-corrected chi connectivity index (χ0v) is 9.13. The minimum absolute atomic E-state index is 0. The number of fused-ring (bicyclic) bond motifs is 1. The first-order valence-corrected chi connectivity index (χ1v) is 5.05. The van der Waals surface area contributed by atoms with Crippen LogP contribution in [0.15, 0.2) is 23.6 Å². The number of benzene rings is 1. The van der Waals surface area contributed by atoms with Gasteiger partial charge in [0.1, 0.15) is 5.82 Å². The van der Waals surface area contributed by atoms with Crippen molar-refractivity contribution in [2.45, 2.75) is 6.42 Å². The lowest BCUT2D eigenvalue weighted by Crippen LogP contribution is -2.03. The molecule has 0 saturated heterocycles. The molecule has 0 radical (unpaired) electrons. The topological polar surface area (TPSA) is 26.0 Å². The molecule has 0 aliphatic heterocycles. The average Bonchev–Trinajstić information content (AvgIpc) is 2.52. The molecule has 2 N–H and O–H groups in total. The molecule has 0 atom stereocenters. The Kier molecular flexibility index (Phi) is 3.86. The number of thiophene rings is 1. The van der Waals surface area contributed by atoms with Crippen molar-refractivity contribution in [3.8, 4) is 0 Å². The SMILES string of the molecule is Cl.NCCc1cc(F)cc2sccc12. The highest BCUT2D eigenvalue weighted by Crippen LogP contribution is 2.25. The van der Waals surface area contributed by atoms with E-state index < -0.39 is 0 Å². The molecular formula is C10H11ClFNS. The summed E-state index contributed by atoms with van der Waals surface area (Å²) in [5.41, 5.74) is 6.46. The van der Waals surface area contributed by atoms with Crippen LogP contribution in [0.2, 0.25) is 0 Å². The molecule has 1 heterocycles. The maximum Gasteiger partial charge on any atom is 0.124 e. The summed E-state index contributed by atoms with van der Waals surface area (Å²) in [7, 11) is 0. The van der Waals surface area contributed by atoms with E-state index in [1.807, 2.05) is 11.4 Å². The number of hydrogen-bond acceptors (Lipinski definition) is 2. The van der Waals surface area contributed by atoms with Crippen LogP contribution in [-0.2, 0) is 6.42 Å². The Morgan fingerprint density at radius 2 is 2.14 bits per heavy atom. The van der Waals surface area contributed by atoms with Crippen molar-refractivity contribution in [1.29, 1.82) is 0 Å². The van der Waals surface area contributed by atoms with Crippen molar-refractivity contribution < 1.29 is 4.39 Å². The highest BCUT2D eigenvalue weighted by molar-refractivity contribution is 7.17. The minimum Gasteiger partial charge on any atom is -0.330 e. The van der Waals surface area contributed by atoms with Crippen LogP contribution in [0.4, 0.5) is 4.39 Å². The molecule has 14 heavy (non-hydrogen) atoms. The van der Waals surface area contributed by atoms with Crippen molar-refractivity contribution in [3.05, 3.63) is 35.0 Å². The van der Waals surface area contributed by atoms with Gasteiger partial charge in [0.15, 0.2) is 0 Å². The second-order valence-corrected chi connectivity index (χ2v) is 3.88. The fourth-order valence-corrected chi connectivity index (χ4v) is 2.33. The van der Waals surface area contributed by atoms with Crippen molar-refractivity contribution in [2.75, 3.05) is 6.54 Å². The second kappa shape index (κ2) is 4.73. The van der Waals surface area contributed by atoms with Crippen LogP contribution in [0.5, 0.6) is 0 Å². The standard InChI is InChI=1S/C10H10FNS.ClH/c11-8-5-7(1-3-12)9-2-4-13-10(9)6-8;/h2,4-6H,1,3,12H2;1H. The largest absolute Gasteiger partial charge is 0.330 e. The third-order valence-electron chi connectivity index (χ3n) is 2.04. The van der Waals surface area contributed by atoms with E-state index in [1.165, 1.54) is 0 Å². The highest BCUT2D eigenvalue weighted by atomic mass is 35.5. The van der Waals surface area contributed by atoms with Crippen LogP contribution < -0.4 is 5.73 Å². The van der Waals surface area contributed by atoms with Gasteiger partial charge >= 0.3 is 0 Å². The van der Waals surface area contributed by atoms with Crippen LogP contribution in [0.25, 0.3) is 10.1 Å². The number of rotatable bonds is 2. The van der Waals surface area contributed by atoms with Gasteiger partial charge in [-0.25, -0.2) is 4.39 Å². The molecule has 0 spiro atoms. The van der Waals surface area contributed by atoms with Gasteiger partial charge in [0.05, 0.1) is 0 Å². The lowest BCUT2D eigenvalue weighted by Gasteiger charge is -2.01. The average molecular weight is 232 g/mol. The molecule has 2 aromatic rings. The Hall–Kier alpha value is -0.640. The van der Waals surface area contributed by atoms with Crippen LogP contribution in [0, 0.1) is 5.82 Å². The fourth-order valence-electron chi connectivity index (χ4n) is 1.47. The third-order valence-corrected chi connectivity index (χ3v) is 2.90. The van der Waals surface area contributed by atoms with Crippen molar-refractivity contribution in [2.24, 2.45) is 5.73 Å². The molecule has 0 amide bonds. The first-order valence-electron chi connectivity index (χ1n) is 4.17.